The Kier molecular flexibility index (Phi) is 7.41. The van der Waals surface area contributed by atoms with Gasteiger partial charge >= 0.3 is 0 Å². The van der Waals surface area contributed by atoms with Crippen molar-refractivity contribution >= 4 is 44.9 Å². The zero-order chi connectivity index (χ0) is 33.3. The molecule has 0 bridgehead atoms. The highest BCUT2D eigenvalue weighted by atomic mass is 16.6. The van der Waals surface area contributed by atoms with Gasteiger partial charge in [-0.05, 0) is 83.7 Å². The molecule has 0 N–H and O–H groups in total. The van der Waals surface area contributed by atoms with Crippen LogP contribution in [0.25, 0.3) is 21.9 Å². The molecular weight excluding hydrogens is 615 g/mol. The van der Waals surface area contributed by atoms with Crippen LogP contribution in [0, 0.1) is 0 Å². The molecule has 1 aliphatic rings. The van der Waals surface area contributed by atoms with E-state index < -0.39 is 0 Å². The highest BCUT2D eigenvalue weighted by Gasteiger charge is 2.32. The van der Waals surface area contributed by atoms with E-state index in [1.807, 2.05) is 54.7 Å². The molecule has 7 aromatic carbocycles. The minimum atomic E-state index is 0.662. The fourth-order valence-electron chi connectivity index (χ4n) is 6.76. The van der Waals surface area contributed by atoms with E-state index >= 15 is 0 Å². The lowest BCUT2D eigenvalue weighted by atomic mass is 9.93. The van der Waals surface area contributed by atoms with E-state index in [2.05, 4.69) is 142 Å². The molecule has 1 aliphatic heterocycles. The summed E-state index contributed by atoms with van der Waals surface area (Å²) >= 11 is 0. The first kappa shape index (κ1) is 29.3. The summed E-state index contributed by atoms with van der Waals surface area (Å²) in [6.07, 6.45) is 3.68. The highest BCUT2D eigenvalue weighted by Crippen LogP contribution is 2.59. The average Bonchev–Trinajstić information content (AvgIpc) is 3.19. The maximum absolute atomic E-state index is 6.90. The third-order valence-electron chi connectivity index (χ3n) is 8.96. The van der Waals surface area contributed by atoms with Crippen LogP contribution in [0.4, 0.5) is 34.1 Å². The van der Waals surface area contributed by atoms with Crippen molar-refractivity contribution in [3.63, 3.8) is 0 Å². The molecule has 0 unspecified atom stereocenters. The number of pyridine rings is 1. The Balaban J connectivity index is 1.28. The molecule has 0 saturated heterocycles. The van der Waals surface area contributed by atoms with Gasteiger partial charge in [-0.1, -0.05) is 103 Å². The summed E-state index contributed by atoms with van der Waals surface area (Å²) in [5, 5.41) is 2.10. The van der Waals surface area contributed by atoms with Gasteiger partial charge in [0.2, 0.25) is 0 Å². The quantitative estimate of drug-likeness (QED) is 0.172. The second kappa shape index (κ2) is 12.6. The summed E-state index contributed by atoms with van der Waals surface area (Å²) in [6, 6.07) is 60.2. The normalized spacial score (nSPS) is 11.5. The minimum Gasteiger partial charge on any atom is -0.449 e. The van der Waals surface area contributed by atoms with Crippen molar-refractivity contribution in [3.8, 4) is 34.1 Å². The van der Waals surface area contributed by atoms with Crippen LogP contribution < -0.4 is 19.3 Å². The van der Waals surface area contributed by atoms with Gasteiger partial charge in [0, 0.05) is 39.9 Å². The number of ether oxygens (including phenoxy) is 2. The molecular formula is C45H31N3O2. The van der Waals surface area contributed by atoms with E-state index in [1.165, 1.54) is 0 Å². The molecule has 8 aromatic rings. The second-order valence-electron chi connectivity index (χ2n) is 12.0. The minimum absolute atomic E-state index is 0.662. The third kappa shape index (κ3) is 5.18. The van der Waals surface area contributed by atoms with E-state index in [1.54, 1.807) is 6.20 Å². The summed E-state index contributed by atoms with van der Waals surface area (Å²) in [4.78, 5) is 8.88. The molecule has 50 heavy (non-hydrogen) atoms. The third-order valence-corrected chi connectivity index (χ3v) is 8.96. The van der Waals surface area contributed by atoms with Crippen molar-refractivity contribution < 1.29 is 9.47 Å². The van der Waals surface area contributed by atoms with Crippen molar-refractivity contribution in [1.82, 2.24) is 4.98 Å². The lowest BCUT2D eigenvalue weighted by Gasteiger charge is -2.33. The predicted octanol–water partition coefficient (Wildman–Crippen LogP) is 12.7. The molecule has 0 spiro atoms. The number of hydrogen-bond donors (Lipinski definition) is 0. The van der Waals surface area contributed by atoms with Crippen LogP contribution in [0.1, 0.15) is 0 Å². The summed E-state index contributed by atoms with van der Waals surface area (Å²) in [7, 11) is 0. The van der Waals surface area contributed by atoms with Crippen LogP contribution in [-0.2, 0) is 0 Å². The van der Waals surface area contributed by atoms with Crippen LogP contribution in [-0.4, -0.2) is 4.98 Å². The van der Waals surface area contributed by atoms with E-state index in [0.29, 0.717) is 23.0 Å². The topological polar surface area (TPSA) is 37.8 Å². The number of aromatic nitrogens is 1. The van der Waals surface area contributed by atoms with Gasteiger partial charge in [-0.25, -0.2) is 0 Å². The van der Waals surface area contributed by atoms with Crippen molar-refractivity contribution in [2.75, 3.05) is 9.80 Å². The number of para-hydroxylation sites is 5. The Morgan fingerprint density at radius 2 is 0.860 bits per heavy atom. The number of nitrogens with zero attached hydrogens (tertiary/aromatic N) is 3. The number of anilines is 6. The van der Waals surface area contributed by atoms with Crippen molar-refractivity contribution in [2.45, 2.75) is 0 Å². The number of fused-ring (bicyclic) bond motifs is 3. The van der Waals surface area contributed by atoms with Gasteiger partial charge in [0.1, 0.15) is 5.69 Å². The van der Waals surface area contributed by atoms with E-state index in [9.17, 15) is 0 Å². The van der Waals surface area contributed by atoms with Crippen LogP contribution in [0.2, 0.25) is 0 Å². The SMILES string of the molecule is c1ccc(N(c2ccc(-c3c4c(c(N(c5ccccc5)c5ccccc5)c5ccccc35)Oc3ccccc3O4)cc2)c2cccnc2)cc1. The number of hydrogen-bond acceptors (Lipinski definition) is 5. The molecule has 238 valence electrons. The first-order chi connectivity index (χ1) is 24.8. The predicted molar refractivity (Wildman–Crippen MR) is 203 cm³/mol. The maximum Gasteiger partial charge on any atom is 0.195 e. The Bertz CT molecular complexity index is 2340. The first-order valence-electron chi connectivity index (χ1n) is 16.6. The molecule has 0 amide bonds. The van der Waals surface area contributed by atoms with Gasteiger partial charge in [-0.15, -0.1) is 0 Å². The molecule has 0 fully saturated rings. The lowest BCUT2D eigenvalue weighted by Crippen LogP contribution is -2.14. The van der Waals surface area contributed by atoms with Gasteiger partial charge in [-0.2, -0.15) is 0 Å². The van der Waals surface area contributed by atoms with Crippen molar-refractivity contribution in [1.29, 1.82) is 0 Å². The molecule has 0 atom stereocenters. The van der Waals surface area contributed by atoms with E-state index in [0.717, 1.165) is 56.0 Å². The van der Waals surface area contributed by atoms with Crippen LogP contribution in [0.15, 0.2) is 188 Å². The molecule has 0 saturated carbocycles. The smallest absolute Gasteiger partial charge is 0.195 e. The van der Waals surface area contributed by atoms with Crippen LogP contribution in [0.5, 0.6) is 23.0 Å². The zero-order valence-electron chi connectivity index (χ0n) is 27.1. The van der Waals surface area contributed by atoms with E-state index in [-0.39, 0.29) is 0 Å². The Morgan fingerprint density at radius 3 is 1.44 bits per heavy atom. The molecule has 0 aliphatic carbocycles. The second-order valence-corrected chi connectivity index (χ2v) is 12.0. The summed E-state index contributed by atoms with van der Waals surface area (Å²) < 4.78 is 13.8. The van der Waals surface area contributed by atoms with Crippen LogP contribution in [0.3, 0.4) is 0 Å². The van der Waals surface area contributed by atoms with Gasteiger partial charge in [0.15, 0.2) is 23.0 Å². The van der Waals surface area contributed by atoms with Gasteiger partial charge in [-0.3, -0.25) is 4.98 Å². The molecule has 1 aromatic heterocycles. The van der Waals surface area contributed by atoms with Gasteiger partial charge in [0.25, 0.3) is 0 Å². The Hall–Kier alpha value is -6.85. The Morgan fingerprint density at radius 1 is 0.380 bits per heavy atom. The molecule has 5 heteroatoms. The Labute approximate surface area is 290 Å². The van der Waals surface area contributed by atoms with Gasteiger partial charge in [0.05, 0.1) is 11.9 Å². The standard InChI is InChI=1S/C45H31N3O2/c1-4-15-33(16-5-1)47(37-21-14-30-46-31-37)36-28-26-32(27-29-36)42-38-22-10-11-23-39(38)43(45-44(42)49-40-24-12-13-25-41(40)50-45)48(34-17-6-2-7-18-34)35-19-8-3-9-20-35/h1-31H. The lowest BCUT2D eigenvalue weighted by molar-refractivity contribution is 0.362. The number of rotatable bonds is 7. The molecule has 2 heterocycles. The first-order valence-corrected chi connectivity index (χ1v) is 16.6. The monoisotopic (exact) mass is 645 g/mol. The zero-order valence-corrected chi connectivity index (χ0v) is 27.1. The largest absolute Gasteiger partial charge is 0.449 e. The fourth-order valence-corrected chi connectivity index (χ4v) is 6.76. The summed E-state index contributed by atoms with van der Waals surface area (Å²) in [5.41, 5.74) is 7.97. The maximum atomic E-state index is 6.90. The molecule has 0 radical (unpaired) electrons. The highest BCUT2D eigenvalue weighted by molar-refractivity contribution is 6.12. The molecule has 9 rings (SSSR count). The van der Waals surface area contributed by atoms with Crippen LogP contribution >= 0.6 is 0 Å². The number of benzene rings is 7. The van der Waals surface area contributed by atoms with E-state index in [4.69, 9.17) is 9.47 Å². The fraction of sp³-hybridized carbons (Fsp3) is 0. The summed E-state index contributed by atoms with van der Waals surface area (Å²) in [6.45, 7) is 0. The molecule has 5 nitrogen and oxygen atoms in total. The van der Waals surface area contributed by atoms with Crippen molar-refractivity contribution in [3.05, 3.63) is 188 Å². The summed E-state index contributed by atoms with van der Waals surface area (Å²) in [5.74, 6) is 2.69. The van der Waals surface area contributed by atoms with Crippen molar-refractivity contribution in [2.24, 2.45) is 0 Å². The average molecular weight is 646 g/mol. The van der Waals surface area contributed by atoms with Gasteiger partial charge < -0.3 is 19.3 Å².